The van der Waals surface area contributed by atoms with E-state index in [1.807, 2.05) is 0 Å². The van der Waals surface area contributed by atoms with Crippen LogP contribution in [-0.4, -0.2) is 0 Å². The van der Waals surface area contributed by atoms with E-state index in [1.54, 1.807) is 0 Å². The van der Waals surface area contributed by atoms with Crippen LogP contribution in [0.5, 0.6) is 0 Å². The third-order valence-corrected chi connectivity index (χ3v) is 10.5. The summed E-state index contributed by atoms with van der Waals surface area (Å²) in [5.41, 5.74) is 14.6. The van der Waals surface area contributed by atoms with E-state index in [-0.39, 0.29) is 0 Å². The first kappa shape index (κ1) is 31.6. The topological polar surface area (TPSA) is 16.4 Å². The van der Waals surface area contributed by atoms with E-state index in [1.165, 1.54) is 49.9 Å². The highest BCUT2D eigenvalue weighted by atomic mass is 16.3. The molecule has 0 amide bonds. The van der Waals surface area contributed by atoms with Gasteiger partial charge < -0.3 is 9.32 Å². The molecule has 0 N–H and O–H groups in total. The highest BCUT2D eigenvalue weighted by Gasteiger charge is 2.22. The van der Waals surface area contributed by atoms with Crippen molar-refractivity contribution in [3.8, 4) is 44.5 Å². The molecule has 0 aliphatic carbocycles. The minimum absolute atomic E-state index is 0.861. The summed E-state index contributed by atoms with van der Waals surface area (Å²) < 4.78 is 6.79. The Morgan fingerprint density at radius 1 is 0.315 bits per heavy atom. The first-order chi connectivity index (χ1) is 26.8. The number of anilines is 3. The molecule has 0 fully saturated rings. The van der Waals surface area contributed by atoms with E-state index in [0.717, 1.165) is 44.4 Å². The van der Waals surface area contributed by atoms with Crippen molar-refractivity contribution in [3.05, 3.63) is 212 Å². The number of furan rings is 1. The van der Waals surface area contributed by atoms with Gasteiger partial charge in [0.1, 0.15) is 11.2 Å². The molecule has 1 heterocycles. The van der Waals surface area contributed by atoms with Crippen LogP contribution in [0, 0.1) is 0 Å². The first-order valence-corrected chi connectivity index (χ1v) is 18.4. The fraction of sp³-hybridized carbons (Fsp3) is 0. The summed E-state index contributed by atoms with van der Waals surface area (Å²) in [5, 5.41) is 4.46. The zero-order valence-electron chi connectivity index (χ0n) is 29.6. The van der Waals surface area contributed by atoms with Gasteiger partial charge in [-0.3, -0.25) is 0 Å². The fourth-order valence-electron chi connectivity index (χ4n) is 7.82. The Hall–Kier alpha value is -7.16. The molecule has 10 rings (SSSR count). The summed E-state index contributed by atoms with van der Waals surface area (Å²) in [5.74, 6) is 0. The summed E-state index contributed by atoms with van der Waals surface area (Å²) in [6.07, 6.45) is 0. The third kappa shape index (κ3) is 5.62. The molecule has 0 bridgehead atoms. The molecular formula is C52H35NO. The normalized spacial score (nSPS) is 11.3. The number of para-hydroxylation sites is 1. The molecule has 254 valence electrons. The number of rotatable bonds is 7. The molecular weight excluding hydrogens is 655 g/mol. The number of benzene rings is 9. The Balaban J connectivity index is 1.11. The molecule has 2 heteroatoms. The van der Waals surface area contributed by atoms with Crippen LogP contribution in [-0.2, 0) is 0 Å². The number of nitrogens with zero attached hydrogens (tertiary/aromatic N) is 1. The van der Waals surface area contributed by atoms with E-state index in [4.69, 9.17) is 4.42 Å². The lowest BCUT2D eigenvalue weighted by Crippen LogP contribution is -2.10. The smallest absolute Gasteiger partial charge is 0.143 e. The second-order valence-corrected chi connectivity index (χ2v) is 13.7. The highest BCUT2D eigenvalue weighted by Crippen LogP contribution is 2.46. The maximum absolute atomic E-state index is 6.79. The molecule has 0 aliphatic rings. The molecule has 1 aromatic heterocycles. The molecule has 9 aromatic carbocycles. The zero-order chi connectivity index (χ0) is 35.8. The Kier molecular flexibility index (Phi) is 7.85. The molecule has 2 nitrogen and oxygen atoms in total. The van der Waals surface area contributed by atoms with Crippen molar-refractivity contribution in [3.63, 3.8) is 0 Å². The van der Waals surface area contributed by atoms with Crippen LogP contribution in [0.3, 0.4) is 0 Å². The minimum atomic E-state index is 0.861. The van der Waals surface area contributed by atoms with Gasteiger partial charge in [-0.05, 0) is 92.4 Å². The molecule has 0 spiro atoms. The van der Waals surface area contributed by atoms with Crippen molar-refractivity contribution in [2.45, 2.75) is 0 Å². The van der Waals surface area contributed by atoms with Gasteiger partial charge in [-0.1, -0.05) is 170 Å². The number of fused-ring (bicyclic) bond motifs is 5. The van der Waals surface area contributed by atoms with Crippen molar-refractivity contribution in [1.29, 1.82) is 0 Å². The molecule has 0 radical (unpaired) electrons. The predicted molar refractivity (Wildman–Crippen MR) is 228 cm³/mol. The second kappa shape index (κ2) is 13.4. The average Bonchev–Trinajstić information content (AvgIpc) is 3.65. The average molecular weight is 690 g/mol. The Morgan fingerprint density at radius 2 is 0.759 bits per heavy atom. The van der Waals surface area contributed by atoms with Crippen LogP contribution in [0.2, 0.25) is 0 Å². The van der Waals surface area contributed by atoms with Gasteiger partial charge in [0.05, 0.1) is 11.1 Å². The van der Waals surface area contributed by atoms with Gasteiger partial charge in [0.15, 0.2) is 0 Å². The lowest BCUT2D eigenvalue weighted by Gasteiger charge is -2.26. The van der Waals surface area contributed by atoms with Crippen molar-refractivity contribution in [2.24, 2.45) is 0 Å². The molecule has 10 aromatic rings. The summed E-state index contributed by atoms with van der Waals surface area (Å²) in [6, 6.07) is 75.7. The van der Waals surface area contributed by atoms with Crippen LogP contribution in [0.25, 0.3) is 77.2 Å². The second-order valence-electron chi connectivity index (χ2n) is 13.7. The van der Waals surface area contributed by atoms with Crippen molar-refractivity contribution < 1.29 is 4.42 Å². The maximum atomic E-state index is 6.79. The van der Waals surface area contributed by atoms with Gasteiger partial charge in [-0.2, -0.15) is 0 Å². The van der Waals surface area contributed by atoms with Crippen molar-refractivity contribution in [2.75, 3.05) is 4.90 Å². The fourth-order valence-corrected chi connectivity index (χ4v) is 7.82. The quantitative estimate of drug-likeness (QED) is 0.166. The van der Waals surface area contributed by atoms with E-state index in [2.05, 4.69) is 217 Å². The number of hydrogen-bond donors (Lipinski definition) is 0. The molecule has 0 aliphatic heterocycles. The molecule has 0 saturated heterocycles. The molecule has 0 atom stereocenters. The van der Waals surface area contributed by atoms with Crippen LogP contribution in [0.1, 0.15) is 0 Å². The molecule has 0 saturated carbocycles. The van der Waals surface area contributed by atoms with Gasteiger partial charge in [0, 0.05) is 22.1 Å². The van der Waals surface area contributed by atoms with Crippen LogP contribution >= 0.6 is 0 Å². The van der Waals surface area contributed by atoms with Crippen molar-refractivity contribution in [1.82, 2.24) is 0 Å². The van der Waals surface area contributed by atoms with Crippen LogP contribution < -0.4 is 4.90 Å². The summed E-state index contributed by atoms with van der Waals surface area (Å²) >= 11 is 0. The Labute approximate surface area is 314 Å². The molecule has 0 unspecified atom stereocenters. The lowest BCUT2D eigenvalue weighted by molar-refractivity contribution is 0.672. The lowest BCUT2D eigenvalue weighted by atomic mass is 9.93. The van der Waals surface area contributed by atoms with Gasteiger partial charge >= 0.3 is 0 Å². The van der Waals surface area contributed by atoms with Gasteiger partial charge in [0.2, 0.25) is 0 Å². The number of hydrogen-bond acceptors (Lipinski definition) is 2. The Bertz CT molecular complexity index is 2880. The predicted octanol–water partition coefficient (Wildman–Crippen LogP) is 14.9. The maximum Gasteiger partial charge on any atom is 0.143 e. The highest BCUT2D eigenvalue weighted by molar-refractivity contribution is 6.22. The van der Waals surface area contributed by atoms with E-state index in [9.17, 15) is 0 Å². The summed E-state index contributed by atoms with van der Waals surface area (Å²) in [6.45, 7) is 0. The van der Waals surface area contributed by atoms with E-state index >= 15 is 0 Å². The first-order valence-electron chi connectivity index (χ1n) is 18.4. The van der Waals surface area contributed by atoms with Crippen molar-refractivity contribution >= 4 is 49.8 Å². The van der Waals surface area contributed by atoms with Gasteiger partial charge in [0.25, 0.3) is 0 Å². The SMILES string of the molecule is c1ccc(-c2ccc(-c3ccc(N(c4ccccc4)c4cccc5oc6c7ccccc7c(-c7ccc(-c8ccccc8)cc7)cc6c45)cc3)cc2)cc1. The largest absolute Gasteiger partial charge is 0.455 e. The van der Waals surface area contributed by atoms with E-state index < -0.39 is 0 Å². The monoisotopic (exact) mass is 689 g/mol. The zero-order valence-corrected chi connectivity index (χ0v) is 29.6. The van der Waals surface area contributed by atoms with E-state index in [0.29, 0.717) is 0 Å². The standard InChI is InChI=1S/C52H35NO/c1-4-13-36(14-5-1)38-23-25-40(26-24-38)41-31-33-44(34-32-41)53(43-17-8-3-9-18-43)49-21-12-22-50-51(49)48-35-47(45-19-10-11-20-46(45)52(48)54-50)42-29-27-39(28-30-42)37-15-6-2-7-16-37/h1-35H. The minimum Gasteiger partial charge on any atom is -0.455 e. The third-order valence-electron chi connectivity index (χ3n) is 10.5. The van der Waals surface area contributed by atoms with Gasteiger partial charge in [-0.25, -0.2) is 0 Å². The summed E-state index contributed by atoms with van der Waals surface area (Å²) in [4.78, 5) is 2.35. The molecule has 54 heavy (non-hydrogen) atoms. The van der Waals surface area contributed by atoms with Crippen LogP contribution in [0.4, 0.5) is 17.1 Å². The Morgan fingerprint density at radius 3 is 1.33 bits per heavy atom. The summed E-state index contributed by atoms with van der Waals surface area (Å²) in [7, 11) is 0. The van der Waals surface area contributed by atoms with Gasteiger partial charge in [-0.15, -0.1) is 0 Å². The van der Waals surface area contributed by atoms with Crippen LogP contribution in [0.15, 0.2) is 217 Å².